The number of rotatable bonds is 5. The van der Waals surface area contributed by atoms with E-state index in [-0.39, 0.29) is 5.92 Å². The van der Waals surface area contributed by atoms with E-state index >= 15 is 0 Å². The normalized spacial score (nSPS) is 16.3. The highest BCUT2D eigenvalue weighted by atomic mass is 32.2. The number of aryl methyl sites for hydroxylation is 1. The van der Waals surface area contributed by atoms with Gasteiger partial charge in [-0.3, -0.25) is 0 Å². The minimum Gasteiger partial charge on any atom is -0.388 e. The van der Waals surface area contributed by atoms with Crippen LogP contribution in [0.4, 0.5) is 0 Å². The smallest absolute Gasteiger partial charge is 0.0892 e. The minimum atomic E-state index is -1.55. The van der Waals surface area contributed by atoms with E-state index in [0.29, 0.717) is 4.91 Å². The molecule has 112 valence electrons. The first-order chi connectivity index (χ1) is 9.11. The predicted molar refractivity (Wildman–Crippen MR) is 89.9 cm³/mol. The van der Waals surface area contributed by atoms with Crippen LogP contribution in [0.15, 0.2) is 39.8 Å². The van der Waals surface area contributed by atoms with Gasteiger partial charge < -0.3 is 5.11 Å². The number of aliphatic hydroxyl groups excluding tert-OH is 1. The molecule has 0 heterocycles. The van der Waals surface area contributed by atoms with E-state index in [2.05, 4.69) is 25.3 Å². The molecule has 0 radical (unpaired) electrons. The van der Waals surface area contributed by atoms with E-state index in [1.54, 1.807) is 0 Å². The Hall–Kier alpha value is -0.713. The van der Waals surface area contributed by atoms with Crippen LogP contribution >= 0.6 is 0 Å². The van der Waals surface area contributed by atoms with Gasteiger partial charge in [0.2, 0.25) is 0 Å². The van der Waals surface area contributed by atoms with Crippen LogP contribution in [0.3, 0.4) is 0 Å². The van der Waals surface area contributed by atoms with Gasteiger partial charge in [-0.2, -0.15) is 0 Å². The van der Waals surface area contributed by atoms with Gasteiger partial charge in [0.05, 0.1) is 25.0 Å². The molecule has 0 aliphatic rings. The van der Waals surface area contributed by atoms with Crippen LogP contribution in [0, 0.1) is 12.8 Å². The zero-order valence-corrected chi connectivity index (χ0v) is 15.1. The molecule has 0 bridgehead atoms. The fourth-order valence-corrected chi connectivity index (χ4v) is 5.46. The monoisotopic (exact) mass is 310 g/mol. The van der Waals surface area contributed by atoms with Crippen LogP contribution in [0.2, 0.25) is 19.6 Å². The SMILES string of the molecule is Cc1ccc(S(=O)/C(=C/[Si](C)(C)C)[C@H](O)C(C)C)cc1. The topological polar surface area (TPSA) is 37.3 Å². The van der Waals surface area contributed by atoms with Gasteiger partial charge in [0.25, 0.3) is 0 Å². The second-order valence-electron chi connectivity index (χ2n) is 6.68. The Kier molecular flexibility index (Phi) is 5.92. The van der Waals surface area contributed by atoms with E-state index < -0.39 is 25.0 Å². The standard InChI is InChI=1S/C16H26O2SSi/c1-12(2)16(17)15(11-20(4,5)6)19(18)14-9-7-13(3)8-10-14/h7-12,16-17H,1-6H3/b15-11+/t16-,19?/m1/s1. The van der Waals surface area contributed by atoms with Gasteiger partial charge in [-0.25, -0.2) is 4.21 Å². The van der Waals surface area contributed by atoms with Crippen LogP contribution in [-0.2, 0) is 10.8 Å². The molecule has 0 saturated carbocycles. The summed E-state index contributed by atoms with van der Waals surface area (Å²) in [6.45, 7) is 12.5. The van der Waals surface area contributed by atoms with Crippen molar-refractivity contribution in [2.24, 2.45) is 5.92 Å². The summed E-state index contributed by atoms with van der Waals surface area (Å²) in [7, 11) is -2.83. The molecule has 0 aromatic heterocycles. The molecular formula is C16H26O2SSi. The van der Waals surface area contributed by atoms with Gasteiger partial charge in [-0.05, 0) is 25.0 Å². The lowest BCUT2D eigenvalue weighted by Gasteiger charge is -2.21. The largest absolute Gasteiger partial charge is 0.388 e. The van der Waals surface area contributed by atoms with Crippen molar-refractivity contribution in [3.05, 3.63) is 40.4 Å². The van der Waals surface area contributed by atoms with Gasteiger partial charge in [0.15, 0.2) is 0 Å². The van der Waals surface area contributed by atoms with Gasteiger partial charge in [0, 0.05) is 9.80 Å². The summed E-state index contributed by atoms with van der Waals surface area (Å²) in [5.41, 5.74) is 3.22. The Balaban J connectivity index is 3.21. The van der Waals surface area contributed by atoms with E-state index in [1.807, 2.05) is 45.0 Å². The summed E-state index contributed by atoms with van der Waals surface area (Å²) in [6.07, 6.45) is -0.649. The third-order valence-electron chi connectivity index (χ3n) is 2.95. The van der Waals surface area contributed by atoms with E-state index in [1.165, 1.54) is 0 Å². The maximum absolute atomic E-state index is 12.8. The molecule has 0 spiro atoms. The third kappa shape index (κ3) is 5.00. The molecule has 2 atom stereocenters. The van der Waals surface area contributed by atoms with Gasteiger partial charge in [-0.15, -0.1) is 0 Å². The lowest BCUT2D eigenvalue weighted by Crippen LogP contribution is -2.26. The highest BCUT2D eigenvalue weighted by Gasteiger charge is 2.24. The van der Waals surface area contributed by atoms with Crippen LogP contribution in [0.1, 0.15) is 19.4 Å². The molecule has 0 amide bonds. The summed E-state index contributed by atoms with van der Waals surface area (Å²) in [4.78, 5) is 1.43. The van der Waals surface area contributed by atoms with Crippen LogP contribution in [0.25, 0.3) is 0 Å². The molecule has 2 nitrogen and oxygen atoms in total. The predicted octanol–water partition coefficient (Wildman–Crippen LogP) is 3.88. The summed E-state index contributed by atoms with van der Waals surface area (Å²) < 4.78 is 12.8. The van der Waals surface area contributed by atoms with Crippen molar-refractivity contribution in [1.82, 2.24) is 0 Å². The Labute approximate surface area is 126 Å². The van der Waals surface area contributed by atoms with Crippen LogP contribution in [-0.4, -0.2) is 23.5 Å². The lowest BCUT2D eigenvalue weighted by atomic mass is 10.1. The molecule has 1 N–H and O–H groups in total. The zero-order valence-electron chi connectivity index (χ0n) is 13.3. The van der Waals surface area contributed by atoms with Crippen molar-refractivity contribution in [3.8, 4) is 0 Å². The molecule has 4 heteroatoms. The van der Waals surface area contributed by atoms with Crippen molar-refractivity contribution in [3.63, 3.8) is 0 Å². The first-order valence-electron chi connectivity index (χ1n) is 7.01. The van der Waals surface area contributed by atoms with Crippen molar-refractivity contribution >= 4 is 18.9 Å². The van der Waals surface area contributed by atoms with Gasteiger partial charge in [0.1, 0.15) is 0 Å². The number of hydrogen-bond donors (Lipinski definition) is 1. The number of hydrogen-bond acceptors (Lipinski definition) is 2. The van der Waals surface area contributed by atoms with E-state index in [0.717, 1.165) is 10.5 Å². The quantitative estimate of drug-likeness (QED) is 0.838. The Morgan fingerprint density at radius 3 is 2.10 bits per heavy atom. The Morgan fingerprint density at radius 1 is 1.20 bits per heavy atom. The average molecular weight is 311 g/mol. The summed E-state index contributed by atoms with van der Waals surface area (Å²) in [6, 6.07) is 7.69. The zero-order chi connectivity index (χ0) is 15.5. The number of aliphatic hydroxyl groups is 1. The molecule has 1 rings (SSSR count). The third-order valence-corrected chi connectivity index (χ3v) is 5.82. The van der Waals surface area contributed by atoms with Crippen molar-refractivity contribution < 1.29 is 9.32 Å². The van der Waals surface area contributed by atoms with Crippen molar-refractivity contribution in [2.75, 3.05) is 0 Å². The summed E-state index contributed by atoms with van der Waals surface area (Å²) in [5, 5.41) is 10.4. The average Bonchev–Trinajstić information content (AvgIpc) is 2.34. The summed E-state index contributed by atoms with van der Waals surface area (Å²) >= 11 is 0. The highest BCUT2D eigenvalue weighted by molar-refractivity contribution is 7.89. The molecule has 0 aliphatic carbocycles. The van der Waals surface area contributed by atoms with E-state index in [9.17, 15) is 9.32 Å². The fourth-order valence-electron chi connectivity index (χ4n) is 1.80. The maximum atomic E-state index is 12.8. The summed E-state index contributed by atoms with van der Waals surface area (Å²) in [5.74, 6) is 0.0620. The molecule has 0 saturated heterocycles. The molecule has 0 aliphatic heterocycles. The van der Waals surface area contributed by atoms with E-state index in [4.69, 9.17) is 0 Å². The molecule has 1 aromatic carbocycles. The second kappa shape index (κ2) is 6.83. The van der Waals surface area contributed by atoms with Crippen molar-refractivity contribution in [1.29, 1.82) is 0 Å². The minimum absolute atomic E-state index is 0.0620. The Bertz CT molecular complexity index is 498. The van der Waals surface area contributed by atoms with Gasteiger partial charge >= 0.3 is 0 Å². The van der Waals surface area contributed by atoms with Crippen LogP contribution in [0.5, 0.6) is 0 Å². The molecule has 1 aromatic rings. The molecular weight excluding hydrogens is 284 g/mol. The maximum Gasteiger partial charge on any atom is 0.0892 e. The first kappa shape index (κ1) is 17.3. The number of benzene rings is 1. The second-order valence-corrected chi connectivity index (χ2v) is 13.2. The fraction of sp³-hybridized carbons (Fsp3) is 0.500. The van der Waals surface area contributed by atoms with Crippen LogP contribution < -0.4 is 0 Å². The van der Waals surface area contributed by atoms with Crippen molar-refractivity contribution in [2.45, 2.75) is 51.4 Å². The molecule has 20 heavy (non-hydrogen) atoms. The molecule has 0 fully saturated rings. The lowest BCUT2D eigenvalue weighted by molar-refractivity contribution is 0.168. The highest BCUT2D eigenvalue weighted by Crippen LogP contribution is 2.24. The first-order valence-corrected chi connectivity index (χ1v) is 11.7. The molecule has 1 unspecified atom stereocenters. The van der Waals surface area contributed by atoms with Gasteiger partial charge in [-0.1, -0.05) is 56.9 Å². The Morgan fingerprint density at radius 2 is 1.70 bits per heavy atom.